The average Bonchev–Trinajstić information content (AvgIpc) is 3.32. The number of carbonyl (C=O) groups excluding carboxylic acids is 1. The van der Waals surface area contributed by atoms with E-state index in [1.54, 1.807) is 10.7 Å². The number of nitrogens with zero attached hydrogens (tertiary/aromatic N) is 4. The average molecular weight is 390 g/mol. The normalized spacial score (nSPS) is 18.1. The summed E-state index contributed by atoms with van der Waals surface area (Å²) in [5, 5.41) is 7.80. The molecule has 26 heavy (non-hydrogen) atoms. The summed E-state index contributed by atoms with van der Waals surface area (Å²) >= 11 is 7.60. The SMILES string of the molecule is CC(C)N1CC[C@@H](NC(=O)c2nc(-c3cnn4ccccc34)c(Cl)s2)C1. The number of carbonyl (C=O) groups is 1. The zero-order valence-corrected chi connectivity index (χ0v) is 16.2. The summed E-state index contributed by atoms with van der Waals surface area (Å²) in [4.78, 5) is 19.5. The number of hydrogen-bond donors (Lipinski definition) is 1. The van der Waals surface area contributed by atoms with Crippen LogP contribution in [0.1, 0.15) is 30.1 Å². The van der Waals surface area contributed by atoms with Crippen LogP contribution < -0.4 is 5.32 Å². The number of halogens is 1. The van der Waals surface area contributed by atoms with Gasteiger partial charge < -0.3 is 5.32 Å². The van der Waals surface area contributed by atoms with E-state index in [0.717, 1.165) is 30.6 Å². The summed E-state index contributed by atoms with van der Waals surface area (Å²) in [5.41, 5.74) is 2.35. The molecule has 1 fully saturated rings. The van der Waals surface area contributed by atoms with Crippen LogP contribution in [-0.4, -0.2) is 50.6 Å². The molecule has 0 aromatic carbocycles. The first-order valence-corrected chi connectivity index (χ1v) is 9.86. The van der Waals surface area contributed by atoms with Crippen LogP contribution in [0.4, 0.5) is 0 Å². The van der Waals surface area contributed by atoms with Gasteiger partial charge in [0.05, 0.1) is 11.7 Å². The van der Waals surface area contributed by atoms with Crippen LogP contribution in [-0.2, 0) is 0 Å². The summed E-state index contributed by atoms with van der Waals surface area (Å²) in [7, 11) is 0. The van der Waals surface area contributed by atoms with Crippen molar-refractivity contribution in [3.8, 4) is 11.3 Å². The molecule has 0 aliphatic carbocycles. The van der Waals surface area contributed by atoms with Crippen LogP contribution in [0.2, 0.25) is 4.34 Å². The number of hydrogen-bond acceptors (Lipinski definition) is 5. The molecule has 4 rings (SSSR count). The molecule has 1 amide bonds. The highest BCUT2D eigenvalue weighted by Crippen LogP contribution is 2.34. The van der Waals surface area contributed by atoms with Crippen LogP contribution in [0.15, 0.2) is 30.6 Å². The monoisotopic (exact) mass is 389 g/mol. The minimum atomic E-state index is -0.157. The first-order valence-electron chi connectivity index (χ1n) is 8.67. The molecule has 1 N–H and O–H groups in total. The van der Waals surface area contributed by atoms with Gasteiger partial charge in [0.2, 0.25) is 0 Å². The number of thiazole rings is 1. The molecule has 8 heteroatoms. The second-order valence-corrected chi connectivity index (χ2v) is 8.38. The lowest BCUT2D eigenvalue weighted by Crippen LogP contribution is -2.38. The number of nitrogens with one attached hydrogen (secondary N) is 1. The van der Waals surface area contributed by atoms with Crippen molar-refractivity contribution in [1.29, 1.82) is 0 Å². The van der Waals surface area contributed by atoms with E-state index >= 15 is 0 Å². The molecule has 0 bridgehead atoms. The Kier molecular flexibility index (Phi) is 4.69. The minimum Gasteiger partial charge on any atom is -0.346 e. The highest BCUT2D eigenvalue weighted by molar-refractivity contribution is 7.18. The van der Waals surface area contributed by atoms with Gasteiger partial charge in [-0.3, -0.25) is 9.69 Å². The van der Waals surface area contributed by atoms with Crippen molar-refractivity contribution in [2.24, 2.45) is 0 Å². The Balaban J connectivity index is 1.54. The summed E-state index contributed by atoms with van der Waals surface area (Å²) < 4.78 is 2.27. The zero-order chi connectivity index (χ0) is 18.3. The molecule has 1 aliphatic heterocycles. The lowest BCUT2D eigenvalue weighted by atomic mass is 10.2. The molecule has 0 saturated carbocycles. The quantitative estimate of drug-likeness (QED) is 0.743. The standard InChI is InChI=1S/C18H20ClN5OS/c1-11(2)23-8-6-12(10-23)21-17(25)18-22-15(16(19)26-18)13-9-20-24-7-4-3-5-14(13)24/h3-5,7,9,11-12H,6,8,10H2,1-2H3,(H,21,25)/t12-/m1/s1. The van der Waals surface area contributed by atoms with Crippen LogP contribution in [0, 0.1) is 0 Å². The molecular formula is C18H20ClN5OS. The maximum atomic E-state index is 12.6. The van der Waals surface area contributed by atoms with Gasteiger partial charge >= 0.3 is 0 Å². The van der Waals surface area contributed by atoms with E-state index in [1.165, 1.54) is 11.3 Å². The number of fused-ring (bicyclic) bond motifs is 1. The Labute approximate surface area is 160 Å². The van der Waals surface area contributed by atoms with Crippen molar-refractivity contribution in [3.63, 3.8) is 0 Å². The first-order chi connectivity index (χ1) is 12.5. The predicted octanol–water partition coefficient (Wildman–Crippen LogP) is 3.32. The number of likely N-dealkylation sites (tertiary alicyclic amines) is 1. The summed E-state index contributed by atoms with van der Waals surface area (Å²) in [6.07, 6.45) is 4.56. The Morgan fingerprint density at radius 2 is 2.27 bits per heavy atom. The zero-order valence-electron chi connectivity index (χ0n) is 14.6. The van der Waals surface area contributed by atoms with E-state index in [0.29, 0.717) is 21.1 Å². The topological polar surface area (TPSA) is 62.5 Å². The molecular weight excluding hydrogens is 370 g/mol. The van der Waals surface area contributed by atoms with Crippen molar-refractivity contribution in [2.75, 3.05) is 13.1 Å². The van der Waals surface area contributed by atoms with Gasteiger partial charge in [-0.2, -0.15) is 5.10 Å². The predicted molar refractivity (Wildman–Crippen MR) is 104 cm³/mol. The van der Waals surface area contributed by atoms with Gasteiger partial charge in [-0.25, -0.2) is 9.50 Å². The lowest BCUT2D eigenvalue weighted by molar-refractivity contribution is 0.0936. The molecule has 1 aliphatic rings. The van der Waals surface area contributed by atoms with Crippen molar-refractivity contribution in [1.82, 2.24) is 24.8 Å². The fraction of sp³-hybridized carbons (Fsp3) is 0.389. The van der Waals surface area contributed by atoms with Crippen molar-refractivity contribution in [3.05, 3.63) is 39.9 Å². The summed E-state index contributed by atoms with van der Waals surface area (Å²) in [6.45, 7) is 6.24. The molecule has 0 spiro atoms. The van der Waals surface area contributed by atoms with E-state index < -0.39 is 0 Å². The van der Waals surface area contributed by atoms with Gasteiger partial charge in [-0.1, -0.05) is 29.0 Å². The summed E-state index contributed by atoms with van der Waals surface area (Å²) in [5.74, 6) is -0.157. The summed E-state index contributed by atoms with van der Waals surface area (Å²) in [6, 6.07) is 6.46. The second-order valence-electron chi connectivity index (χ2n) is 6.78. The Hall–Kier alpha value is -1.96. The molecule has 0 unspecified atom stereocenters. The molecule has 136 valence electrons. The minimum absolute atomic E-state index is 0.157. The highest BCUT2D eigenvalue weighted by Gasteiger charge is 2.27. The first kappa shape index (κ1) is 17.5. The molecule has 1 atom stereocenters. The molecule has 4 heterocycles. The third-order valence-electron chi connectivity index (χ3n) is 4.75. The largest absolute Gasteiger partial charge is 0.346 e. The van der Waals surface area contributed by atoms with Gasteiger partial charge in [-0.05, 0) is 32.4 Å². The third kappa shape index (κ3) is 3.22. The van der Waals surface area contributed by atoms with Gasteiger partial charge in [0.15, 0.2) is 5.01 Å². The van der Waals surface area contributed by atoms with E-state index in [4.69, 9.17) is 11.6 Å². The Bertz CT molecular complexity index is 950. The highest BCUT2D eigenvalue weighted by atomic mass is 35.5. The number of aromatic nitrogens is 3. The van der Waals surface area contributed by atoms with E-state index in [2.05, 4.69) is 34.1 Å². The van der Waals surface area contributed by atoms with Gasteiger partial charge in [0, 0.05) is 36.9 Å². The molecule has 6 nitrogen and oxygen atoms in total. The molecule has 0 radical (unpaired) electrons. The lowest BCUT2D eigenvalue weighted by Gasteiger charge is -2.20. The Morgan fingerprint density at radius 3 is 3.04 bits per heavy atom. The van der Waals surface area contributed by atoms with Crippen molar-refractivity contribution >= 4 is 34.4 Å². The molecule has 1 saturated heterocycles. The smallest absolute Gasteiger partial charge is 0.280 e. The van der Waals surface area contributed by atoms with E-state index in [-0.39, 0.29) is 11.9 Å². The van der Waals surface area contributed by atoms with Crippen molar-refractivity contribution < 1.29 is 4.79 Å². The fourth-order valence-corrected chi connectivity index (χ4v) is 4.38. The van der Waals surface area contributed by atoms with Crippen molar-refractivity contribution in [2.45, 2.75) is 32.4 Å². The van der Waals surface area contributed by atoms with Crippen LogP contribution in [0.5, 0.6) is 0 Å². The number of pyridine rings is 1. The van der Waals surface area contributed by atoms with Crippen LogP contribution in [0.3, 0.4) is 0 Å². The number of amides is 1. The van der Waals surface area contributed by atoms with Crippen LogP contribution in [0.25, 0.3) is 16.8 Å². The molecule has 3 aromatic heterocycles. The van der Waals surface area contributed by atoms with Gasteiger partial charge in [0.1, 0.15) is 10.0 Å². The maximum absolute atomic E-state index is 12.6. The number of rotatable bonds is 4. The second kappa shape index (κ2) is 6.98. The fourth-order valence-electron chi connectivity index (χ4n) is 3.30. The van der Waals surface area contributed by atoms with E-state index in [9.17, 15) is 4.79 Å². The van der Waals surface area contributed by atoms with Crippen LogP contribution >= 0.6 is 22.9 Å². The van der Waals surface area contributed by atoms with Gasteiger partial charge in [0.25, 0.3) is 5.91 Å². The maximum Gasteiger partial charge on any atom is 0.280 e. The Morgan fingerprint density at radius 1 is 1.42 bits per heavy atom. The molecule has 3 aromatic rings. The van der Waals surface area contributed by atoms with Gasteiger partial charge in [-0.15, -0.1) is 0 Å². The third-order valence-corrected chi connectivity index (χ3v) is 6.00. The van der Waals surface area contributed by atoms with E-state index in [1.807, 2.05) is 24.4 Å².